The van der Waals surface area contributed by atoms with Crippen LogP contribution in [0.5, 0.6) is 0 Å². The molecular weight excluding hydrogens is 330 g/mol. The molecule has 5 heteroatoms. The normalized spacial score (nSPS) is 11.8. The Kier molecular flexibility index (Phi) is 6.63. The molecule has 0 aliphatic heterocycles. The standard InChI is InChI=1S/C18H22ClNO2S/c1-2-20(15-16-9-6-7-12-18(16)19)13-8-14-23(21,22)17-10-4-3-5-11-17/h3-7,9-12H,2,8,13-15H2,1H3. The molecule has 0 heterocycles. The lowest BCUT2D eigenvalue weighted by Gasteiger charge is -2.21. The Hall–Kier alpha value is -1.36. The van der Waals surface area contributed by atoms with Crippen LogP contribution in [0.1, 0.15) is 18.9 Å². The Bertz CT molecular complexity index is 717. The van der Waals surface area contributed by atoms with Crippen LogP contribution < -0.4 is 0 Å². The summed E-state index contributed by atoms with van der Waals surface area (Å²) in [6.45, 7) is 4.40. The van der Waals surface area contributed by atoms with Crippen LogP contribution in [0.4, 0.5) is 0 Å². The highest BCUT2D eigenvalue weighted by Gasteiger charge is 2.14. The molecule has 2 aromatic carbocycles. The fraction of sp³-hybridized carbons (Fsp3) is 0.333. The van der Waals surface area contributed by atoms with E-state index in [1.165, 1.54) is 0 Å². The molecule has 0 amide bonds. The molecule has 3 nitrogen and oxygen atoms in total. The molecule has 23 heavy (non-hydrogen) atoms. The smallest absolute Gasteiger partial charge is 0.178 e. The minimum Gasteiger partial charge on any atom is -0.299 e. The van der Waals surface area contributed by atoms with Crippen molar-refractivity contribution in [3.8, 4) is 0 Å². The summed E-state index contributed by atoms with van der Waals surface area (Å²) >= 11 is 6.19. The molecule has 0 unspecified atom stereocenters. The molecule has 2 aromatic rings. The molecule has 0 spiro atoms. The maximum absolute atomic E-state index is 12.3. The molecule has 0 aliphatic carbocycles. The van der Waals surface area contributed by atoms with Crippen LogP contribution in [0.15, 0.2) is 59.5 Å². The Morgan fingerprint density at radius 3 is 2.30 bits per heavy atom. The van der Waals surface area contributed by atoms with Gasteiger partial charge in [-0.05, 0) is 43.3 Å². The lowest BCUT2D eigenvalue weighted by atomic mass is 10.2. The van der Waals surface area contributed by atoms with Gasteiger partial charge in [0.25, 0.3) is 0 Å². The predicted molar refractivity (Wildman–Crippen MR) is 95.5 cm³/mol. The second-order valence-corrected chi connectivity index (χ2v) is 7.96. The van der Waals surface area contributed by atoms with Gasteiger partial charge in [-0.2, -0.15) is 0 Å². The van der Waals surface area contributed by atoms with Gasteiger partial charge in [-0.25, -0.2) is 8.42 Å². The van der Waals surface area contributed by atoms with Crippen molar-refractivity contribution in [2.75, 3.05) is 18.8 Å². The highest BCUT2D eigenvalue weighted by atomic mass is 35.5. The second kappa shape index (κ2) is 8.48. The summed E-state index contributed by atoms with van der Waals surface area (Å²) in [5, 5.41) is 0.753. The largest absolute Gasteiger partial charge is 0.299 e. The summed E-state index contributed by atoms with van der Waals surface area (Å²) in [4.78, 5) is 2.61. The van der Waals surface area contributed by atoms with E-state index in [2.05, 4.69) is 11.8 Å². The number of hydrogen-bond donors (Lipinski definition) is 0. The van der Waals surface area contributed by atoms with Gasteiger partial charge in [0, 0.05) is 11.6 Å². The third-order valence-electron chi connectivity index (χ3n) is 3.79. The zero-order valence-electron chi connectivity index (χ0n) is 13.3. The van der Waals surface area contributed by atoms with Gasteiger partial charge >= 0.3 is 0 Å². The van der Waals surface area contributed by atoms with Gasteiger partial charge < -0.3 is 0 Å². The van der Waals surface area contributed by atoms with Gasteiger partial charge in [-0.3, -0.25) is 4.90 Å². The average molecular weight is 352 g/mol. The molecule has 0 saturated carbocycles. The van der Waals surface area contributed by atoms with Crippen molar-refractivity contribution in [3.05, 3.63) is 65.2 Å². The Morgan fingerprint density at radius 2 is 1.65 bits per heavy atom. The van der Waals surface area contributed by atoms with Gasteiger partial charge in [0.15, 0.2) is 9.84 Å². The molecule has 0 N–H and O–H groups in total. The lowest BCUT2D eigenvalue weighted by molar-refractivity contribution is 0.281. The summed E-state index contributed by atoms with van der Waals surface area (Å²) in [5.74, 6) is 0.163. The number of rotatable bonds is 8. The first-order valence-corrected chi connectivity index (χ1v) is 9.79. The zero-order chi connectivity index (χ0) is 16.7. The first kappa shape index (κ1) is 18.0. The van der Waals surface area contributed by atoms with E-state index in [-0.39, 0.29) is 5.75 Å². The van der Waals surface area contributed by atoms with Crippen molar-refractivity contribution in [3.63, 3.8) is 0 Å². The fourth-order valence-corrected chi connectivity index (χ4v) is 3.95. The van der Waals surface area contributed by atoms with Crippen LogP contribution in [0.25, 0.3) is 0 Å². The van der Waals surface area contributed by atoms with Crippen molar-refractivity contribution in [1.29, 1.82) is 0 Å². The number of sulfone groups is 1. The molecule has 2 rings (SSSR count). The van der Waals surface area contributed by atoms with Gasteiger partial charge in [-0.1, -0.05) is 54.9 Å². The fourth-order valence-electron chi connectivity index (χ4n) is 2.44. The molecule has 0 atom stereocenters. The second-order valence-electron chi connectivity index (χ2n) is 5.45. The number of hydrogen-bond acceptors (Lipinski definition) is 3. The van der Waals surface area contributed by atoms with Crippen LogP contribution in [0.3, 0.4) is 0 Å². The molecule has 124 valence electrons. The quantitative estimate of drug-likeness (QED) is 0.720. The number of nitrogens with zero attached hydrogens (tertiary/aromatic N) is 1. The maximum atomic E-state index is 12.3. The van der Waals surface area contributed by atoms with E-state index < -0.39 is 9.84 Å². The maximum Gasteiger partial charge on any atom is 0.178 e. The Morgan fingerprint density at radius 1 is 1.00 bits per heavy atom. The number of halogens is 1. The van der Waals surface area contributed by atoms with E-state index in [4.69, 9.17) is 11.6 Å². The van der Waals surface area contributed by atoms with Crippen molar-refractivity contribution < 1.29 is 8.42 Å². The van der Waals surface area contributed by atoms with E-state index in [0.29, 0.717) is 11.3 Å². The van der Waals surface area contributed by atoms with Crippen LogP contribution >= 0.6 is 11.6 Å². The summed E-state index contributed by atoms with van der Waals surface area (Å²) in [6.07, 6.45) is 0.607. The van der Waals surface area contributed by atoms with E-state index in [1.807, 2.05) is 30.3 Å². The van der Waals surface area contributed by atoms with Crippen molar-refractivity contribution in [2.24, 2.45) is 0 Å². The van der Waals surface area contributed by atoms with Crippen molar-refractivity contribution in [2.45, 2.75) is 24.8 Å². The van der Waals surface area contributed by atoms with Crippen LogP contribution in [0, 0.1) is 0 Å². The van der Waals surface area contributed by atoms with Gasteiger partial charge in [0.05, 0.1) is 10.6 Å². The first-order valence-electron chi connectivity index (χ1n) is 7.76. The monoisotopic (exact) mass is 351 g/mol. The van der Waals surface area contributed by atoms with E-state index >= 15 is 0 Å². The molecule has 0 aromatic heterocycles. The zero-order valence-corrected chi connectivity index (χ0v) is 14.9. The minimum atomic E-state index is -3.20. The van der Waals surface area contributed by atoms with Crippen LogP contribution in [-0.2, 0) is 16.4 Å². The molecule has 0 radical (unpaired) electrons. The minimum absolute atomic E-state index is 0.163. The van der Waals surface area contributed by atoms with E-state index in [1.54, 1.807) is 24.3 Å². The van der Waals surface area contributed by atoms with Crippen molar-refractivity contribution in [1.82, 2.24) is 4.90 Å². The Balaban J connectivity index is 1.90. The summed E-state index contributed by atoms with van der Waals surface area (Å²) in [6, 6.07) is 16.4. The van der Waals surface area contributed by atoms with Gasteiger partial charge in [0.2, 0.25) is 0 Å². The molecule has 0 fully saturated rings. The van der Waals surface area contributed by atoms with Gasteiger partial charge in [0.1, 0.15) is 0 Å². The highest BCUT2D eigenvalue weighted by molar-refractivity contribution is 7.91. The Labute approximate surface area is 143 Å². The molecule has 0 saturated heterocycles. The topological polar surface area (TPSA) is 37.4 Å². The number of benzene rings is 2. The van der Waals surface area contributed by atoms with E-state index in [9.17, 15) is 8.42 Å². The molecular formula is C18H22ClNO2S. The van der Waals surface area contributed by atoms with E-state index in [0.717, 1.165) is 30.2 Å². The summed E-state index contributed by atoms with van der Waals surface area (Å²) < 4.78 is 24.5. The lowest BCUT2D eigenvalue weighted by Crippen LogP contribution is -2.25. The third kappa shape index (κ3) is 5.34. The first-order chi connectivity index (χ1) is 11.0. The third-order valence-corrected chi connectivity index (χ3v) is 5.97. The van der Waals surface area contributed by atoms with Crippen LogP contribution in [-0.4, -0.2) is 32.2 Å². The SMILES string of the molecule is CCN(CCCS(=O)(=O)c1ccccc1)Cc1ccccc1Cl. The van der Waals surface area contributed by atoms with Crippen LogP contribution in [0.2, 0.25) is 5.02 Å². The molecule has 0 bridgehead atoms. The highest BCUT2D eigenvalue weighted by Crippen LogP contribution is 2.17. The van der Waals surface area contributed by atoms with Gasteiger partial charge in [-0.15, -0.1) is 0 Å². The molecule has 0 aliphatic rings. The summed E-state index contributed by atoms with van der Waals surface area (Å²) in [5.41, 5.74) is 1.07. The van der Waals surface area contributed by atoms with Crippen molar-refractivity contribution >= 4 is 21.4 Å². The summed E-state index contributed by atoms with van der Waals surface area (Å²) in [7, 11) is -3.20. The predicted octanol–water partition coefficient (Wildman–Crippen LogP) is 4.03. The average Bonchev–Trinajstić information content (AvgIpc) is 2.56.